The average Bonchev–Trinajstić information content (AvgIpc) is 2.15. The molecule has 3 nitrogen and oxygen atoms in total. The summed E-state index contributed by atoms with van der Waals surface area (Å²) >= 11 is 0. The van der Waals surface area contributed by atoms with Crippen molar-refractivity contribution in [3.8, 4) is 0 Å². The Bertz CT molecular complexity index is 139. The van der Waals surface area contributed by atoms with E-state index in [2.05, 4.69) is 11.8 Å². The van der Waals surface area contributed by atoms with E-state index in [1.54, 1.807) is 7.11 Å². The van der Waals surface area contributed by atoms with Gasteiger partial charge in [0.05, 0.1) is 6.61 Å². The highest BCUT2D eigenvalue weighted by atomic mass is 16.5. The van der Waals surface area contributed by atoms with Crippen molar-refractivity contribution in [2.24, 2.45) is 11.7 Å². The maximum atomic E-state index is 5.90. The van der Waals surface area contributed by atoms with Crippen molar-refractivity contribution in [1.82, 2.24) is 4.90 Å². The second-order valence-corrected chi connectivity index (χ2v) is 4.05. The van der Waals surface area contributed by atoms with Crippen LogP contribution in [0.25, 0.3) is 0 Å². The fourth-order valence-electron chi connectivity index (χ4n) is 1.94. The predicted octanol–water partition coefficient (Wildman–Crippen LogP) is 0.692. The number of rotatable bonds is 4. The van der Waals surface area contributed by atoms with E-state index in [0.717, 1.165) is 19.7 Å². The SMILES string of the molecule is COCCN1CCC[C@H]([C@@H](C)N)C1. The van der Waals surface area contributed by atoms with Crippen LogP contribution in [-0.2, 0) is 4.74 Å². The lowest BCUT2D eigenvalue weighted by molar-refractivity contribution is 0.109. The Labute approximate surface area is 81.2 Å². The molecule has 1 aliphatic rings. The summed E-state index contributed by atoms with van der Waals surface area (Å²) in [5.74, 6) is 0.686. The highest BCUT2D eigenvalue weighted by Crippen LogP contribution is 2.18. The number of nitrogens with two attached hydrogens (primary N) is 1. The van der Waals surface area contributed by atoms with E-state index in [1.807, 2.05) is 0 Å². The minimum absolute atomic E-state index is 0.338. The summed E-state index contributed by atoms with van der Waals surface area (Å²) in [6.07, 6.45) is 2.58. The van der Waals surface area contributed by atoms with Gasteiger partial charge in [-0.1, -0.05) is 0 Å². The first-order chi connectivity index (χ1) is 6.24. The van der Waals surface area contributed by atoms with E-state index in [4.69, 9.17) is 10.5 Å². The molecular formula is C10H22N2O. The highest BCUT2D eigenvalue weighted by molar-refractivity contribution is 4.78. The molecule has 1 heterocycles. The van der Waals surface area contributed by atoms with Gasteiger partial charge in [-0.2, -0.15) is 0 Å². The molecule has 78 valence electrons. The maximum absolute atomic E-state index is 5.90. The monoisotopic (exact) mass is 186 g/mol. The third kappa shape index (κ3) is 3.63. The Morgan fingerprint density at radius 1 is 1.62 bits per heavy atom. The van der Waals surface area contributed by atoms with Gasteiger partial charge in [0.25, 0.3) is 0 Å². The molecule has 0 bridgehead atoms. The predicted molar refractivity (Wildman–Crippen MR) is 54.7 cm³/mol. The number of hydrogen-bond donors (Lipinski definition) is 1. The Morgan fingerprint density at radius 2 is 2.38 bits per heavy atom. The molecule has 0 unspecified atom stereocenters. The van der Waals surface area contributed by atoms with Gasteiger partial charge in [0.1, 0.15) is 0 Å². The largest absolute Gasteiger partial charge is 0.383 e. The van der Waals surface area contributed by atoms with Crippen molar-refractivity contribution < 1.29 is 4.74 Å². The molecule has 0 aliphatic carbocycles. The molecule has 0 spiro atoms. The second kappa shape index (κ2) is 5.58. The first-order valence-electron chi connectivity index (χ1n) is 5.21. The Hall–Kier alpha value is -0.120. The van der Waals surface area contributed by atoms with E-state index in [-0.39, 0.29) is 0 Å². The summed E-state index contributed by atoms with van der Waals surface area (Å²) in [6, 6.07) is 0.338. The van der Waals surface area contributed by atoms with Crippen LogP contribution in [0.15, 0.2) is 0 Å². The summed E-state index contributed by atoms with van der Waals surface area (Å²) in [5.41, 5.74) is 5.90. The van der Waals surface area contributed by atoms with Crippen LogP contribution in [0.5, 0.6) is 0 Å². The van der Waals surface area contributed by atoms with Crippen LogP contribution >= 0.6 is 0 Å². The Balaban J connectivity index is 2.25. The molecule has 1 aliphatic heterocycles. The zero-order valence-corrected chi connectivity index (χ0v) is 8.83. The quantitative estimate of drug-likeness (QED) is 0.702. The zero-order valence-electron chi connectivity index (χ0n) is 8.83. The van der Waals surface area contributed by atoms with Gasteiger partial charge < -0.3 is 15.4 Å². The average molecular weight is 186 g/mol. The van der Waals surface area contributed by atoms with Gasteiger partial charge in [0, 0.05) is 26.2 Å². The topological polar surface area (TPSA) is 38.5 Å². The number of methoxy groups -OCH3 is 1. The summed E-state index contributed by atoms with van der Waals surface area (Å²) in [6.45, 7) is 6.38. The standard InChI is InChI=1S/C10H22N2O/c1-9(11)10-4-3-5-12(8-10)6-7-13-2/h9-10H,3-8,11H2,1-2H3/t9-,10+/m1/s1. The minimum atomic E-state index is 0.338. The van der Waals surface area contributed by atoms with Crippen molar-refractivity contribution in [1.29, 1.82) is 0 Å². The Kier molecular flexibility index (Phi) is 4.70. The van der Waals surface area contributed by atoms with Crippen LogP contribution in [0.2, 0.25) is 0 Å². The molecule has 0 aromatic heterocycles. The number of hydrogen-bond acceptors (Lipinski definition) is 3. The van der Waals surface area contributed by atoms with Crippen LogP contribution in [0.3, 0.4) is 0 Å². The fraction of sp³-hybridized carbons (Fsp3) is 1.00. The minimum Gasteiger partial charge on any atom is -0.383 e. The van der Waals surface area contributed by atoms with E-state index in [9.17, 15) is 0 Å². The molecular weight excluding hydrogens is 164 g/mol. The summed E-state index contributed by atoms with van der Waals surface area (Å²) in [4.78, 5) is 2.46. The van der Waals surface area contributed by atoms with E-state index < -0.39 is 0 Å². The van der Waals surface area contributed by atoms with Gasteiger partial charge in [-0.15, -0.1) is 0 Å². The number of nitrogens with zero attached hydrogens (tertiary/aromatic N) is 1. The summed E-state index contributed by atoms with van der Waals surface area (Å²) < 4.78 is 5.07. The van der Waals surface area contributed by atoms with Crippen molar-refractivity contribution in [2.75, 3.05) is 33.4 Å². The second-order valence-electron chi connectivity index (χ2n) is 4.05. The molecule has 0 saturated carbocycles. The molecule has 0 aromatic carbocycles. The number of ether oxygens (including phenoxy) is 1. The third-order valence-electron chi connectivity index (χ3n) is 2.90. The van der Waals surface area contributed by atoms with Crippen molar-refractivity contribution >= 4 is 0 Å². The lowest BCUT2D eigenvalue weighted by Crippen LogP contribution is -2.43. The third-order valence-corrected chi connectivity index (χ3v) is 2.90. The lowest BCUT2D eigenvalue weighted by atomic mass is 9.92. The van der Waals surface area contributed by atoms with Crippen LogP contribution < -0.4 is 5.73 Å². The summed E-state index contributed by atoms with van der Waals surface area (Å²) in [5, 5.41) is 0. The van der Waals surface area contributed by atoms with Crippen molar-refractivity contribution in [3.05, 3.63) is 0 Å². The van der Waals surface area contributed by atoms with Crippen LogP contribution in [0, 0.1) is 5.92 Å². The fourth-order valence-corrected chi connectivity index (χ4v) is 1.94. The maximum Gasteiger partial charge on any atom is 0.0589 e. The van der Waals surface area contributed by atoms with Crippen LogP contribution in [0.1, 0.15) is 19.8 Å². The normalized spacial score (nSPS) is 27.5. The molecule has 0 aromatic rings. The molecule has 1 saturated heterocycles. The zero-order chi connectivity index (χ0) is 9.68. The van der Waals surface area contributed by atoms with Gasteiger partial charge in [-0.25, -0.2) is 0 Å². The molecule has 2 atom stereocenters. The first-order valence-corrected chi connectivity index (χ1v) is 5.21. The van der Waals surface area contributed by atoms with E-state index in [0.29, 0.717) is 12.0 Å². The molecule has 0 amide bonds. The molecule has 0 radical (unpaired) electrons. The van der Waals surface area contributed by atoms with Crippen molar-refractivity contribution in [2.45, 2.75) is 25.8 Å². The summed E-state index contributed by atoms with van der Waals surface area (Å²) in [7, 11) is 1.76. The van der Waals surface area contributed by atoms with Gasteiger partial charge >= 0.3 is 0 Å². The molecule has 3 heteroatoms. The van der Waals surface area contributed by atoms with Crippen LogP contribution in [-0.4, -0.2) is 44.3 Å². The lowest BCUT2D eigenvalue weighted by Gasteiger charge is -2.34. The van der Waals surface area contributed by atoms with Gasteiger partial charge in [-0.05, 0) is 32.2 Å². The smallest absolute Gasteiger partial charge is 0.0589 e. The van der Waals surface area contributed by atoms with Gasteiger partial charge in [0.15, 0.2) is 0 Å². The van der Waals surface area contributed by atoms with Crippen LogP contribution in [0.4, 0.5) is 0 Å². The number of piperidine rings is 1. The van der Waals surface area contributed by atoms with Crippen molar-refractivity contribution in [3.63, 3.8) is 0 Å². The highest BCUT2D eigenvalue weighted by Gasteiger charge is 2.21. The Morgan fingerprint density at radius 3 is 3.00 bits per heavy atom. The first kappa shape index (κ1) is 11.0. The van der Waals surface area contributed by atoms with E-state index in [1.165, 1.54) is 19.4 Å². The molecule has 1 rings (SSSR count). The molecule has 1 fully saturated rings. The van der Waals surface area contributed by atoms with E-state index >= 15 is 0 Å². The van der Waals surface area contributed by atoms with Gasteiger partial charge in [-0.3, -0.25) is 0 Å². The molecule has 13 heavy (non-hydrogen) atoms. The molecule has 2 N–H and O–H groups in total. The number of likely N-dealkylation sites (tertiary alicyclic amines) is 1. The van der Waals surface area contributed by atoms with Gasteiger partial charge in [0.2, 0.25) is 0 Å².